The third-order valence-corrected chi connectivity index (χ3v) is 10.1. The summed E-state index contributed by atoms with van der Waals surface area (Å²) in [6.45, 7) is 4.80. The SMILES string of the molecule is COc1cccc(OC(=O)[C@H]2CC[C@H]3[C@@H]4CC[C@H]5N(C)C(=O)CC[C@]5(C)[C@H]4CC[C@]23C)c1. The van der Waals surface area contributed by atoms with Gasteiger partial charge < -0.3 is 14.4 Å². The molecule has 0 N–H and O–H groups in total. The largest absolute Gasteiger partial charge is 0.497 e. The van der Waals surface area contributed by atoms with Gasteiger partial charge in [0.25, 0.3) is 0 Å². The van der Waals surface area contributed by atoms with Gasteiger partial charge in [0.05, 0.1) is 13.0 Å². The van der Waals surface area contributed by atoms with Crippen LogP contribution in [0.15, 0.2) is 24.3 Å². The molecular formula is C27H37NO4. The van der Waals surface area contributed by atoms with Crippen LogP contribution in [0.2, 0.25) is 0 Å². The van der Waals surface area contributed by atoms with Crippen molar-refractivity contribution < 1.29 is 19.1 Å². The third kappa shape index (κ3) is 3.18. The van der Waals surface area contributed by atoms with E-state index in [0.717, 1.165) is 38.5 Å². The minimum Gasteiger partial charge on any atom is -0.497 e. The van der Waals surface area contributed by atoms with Crippen molar-refractivity contribution in [1.82, 2.24) is 4.90 Å². The quantitative estimate of drug-likeness (QED) is 0.487. The van der Waals surface area contributed by atoms with Gasteiger partial charge in [0.2, 0.25) is 5.91 Å². The Kier molecular flexibility index (Phi) is 5.29. The number of rotatable bonds is 3. The summed E-state index contributed by atoms with van der Waals surface area (Å²) in [5.41, 5.74) is 0.225. The molecule has 4 aliphatic rings. The molecule has 1 amide bonds. The lowest BCUT2D eigenvalue weighted by molar-refractivity contribution is -0.162. The van der Waals surface area contributed by atoms with Crippen molar-refractivity contribution in [2.45, 2.75) is 71.3 Å². The molecule has 0 spiro atoms. The summed E-state index contributed by atoms with van der Waals surface area (Å²) in [6, 6.07) is 7.71. The number of likely N-dealkylation sites (tertiary alicyclic amines) is 1. The molecule has 0 radical (unpaired) electrons. The summed E-state index contributed by atoms with van der Waals surface area (Å²) in [6.07, 6.45) is 8.27. The highest BCUT2D eigenvalue weighted by Gasteiger charge is 2.62. The zero-order valence-electron chi connectivity index (χ0n) is 19.9. The predicted octanol–water partition coefficient (Wildman–Crippen LogP) is 5.08. The molecule has 1 saturated heterocycles. The lowest BCUT2D eigenvalue weighted by Crippen LogP contribution is -2.61. The topological polar surface area (TPSA) is 55.8 Å². The molecule has 7 atom stereocenters. The molecule has 3 saturated carbocycles. The Labute approximate surface area is 191 Å². The van der Waals surface area contributed by atoms with Gasteiger partial charge in [-0.25, -0.2) is 0 Å². The Bertz CT molecular complexity index is 915. The van der Waals surface area contributed by atoms with Crippen molar-refractivity contribution in [2.75, 3.05) is 14.2 Å². The van der Waals surface area contributed by atoms with Crippen LogP contribution in [-0.4, -0.2) is 37.0 Å². The van der Waals surface area contributed by atoms with E-state index in [1.807, 2.05) is 25.2 Å². The first-order chi connectivity index (χ1) is 15.3. The Morgan fingerprint density at radius 2 is 1.75 bits per heavy atom. The van der Waals surface area contributed by atoms with Crippen LogP contribution in [0.3, 0.4) is 0 Å². The number of carbonyl (C=O) groups excluding carboxylic acids is 2. The molecular weight excluding hydrogens is 402 g/mol. The molecule has 0 aromatic heterocycles. The number of nitrogens with zero attached hydrogens (tertiary/aromatic N) is 1. The van der Waals surface area contributed by atoms with Crippen LogP contribution in [-0.2, 0) is 9.59 Å². The van der Waals surface area contributed by atoms with E-state index in [9.17, 15) is 9.59 Å². The molecule has 1 heterocycles. The highest BCUT2D eigenvalue weighted by Crippen LogP contribution is 2.66. The first-order valence-corrected chi connectivity index (χ1v) is 12.4. The number of methoxy groups -OCH3 is 1. The molecule has 3 aliphatic carbocycles. The van der Waals surface area contributed by atoms with E-state index in [1.165, 1.54) is 6.42 Å². The number of carbonyl (C=O) groups is 2. The fourth-order valence-corrected chi connectivity index (χ4v) is 8.39. The van der Waals surface area contributed by atoms with Crippen molar-refractivity contribution in [3.05, 3.63) is 24.3 Å². The lowest BCUT2D eigenvalue weighted by atomic mass is 9.47. The smallest absolute Gasteiger partial charge is 0.314 e. The minimum absolute atomic E-state index is 0.0106. The second-order valence-corrected chi connectivity index (χ2v) is 11.3. The van der Waals surface area contributed by atoms with Crippen LogP contribution in [0.5, 0.6) is 11.5 Å². The molecule has 5 heteroatoms. The van der Waals surface area contributed by atoms with Gasteiger partial charge in [-0.2, -0.15) is 0 Å². The standard InChI is InChI=1S/C27H37NO4/c1-26-14-12-21-19(8-11-23-27(21,2)15-13-24(29)28(23)3)20(26)9-10-22(26)25(30)32-18-7-5-6-17(16-18)31-4/h5-7,16,19-23H,8-15H2,1-4H3/t19-,20-,21-,22+,23+,26-,27+/m0/s1. The van der Waals surface area contributed by atoms with E-state index in [0.29, 0.717) is 47.6 Å². The summed E-state index contributed by atoms with van der Waals surface area (Å²) in [7, 11) is 3.63. The summed E-state index contributed by atoms with van der Waals surface area (Å²) < 4.78 is 11.1. The van der Waals surface area contributed by atoms with E-state index in [-0.39, 0.29) is 22.7 Å². The number of hydrogen-bond donors (Lipinski definition) is 0. The predicted molar refractivity (Wildman–Crippen MR) is 122 cm³/mol. The summed E-state index contributed by atoms with van der Waals surface area (Å²) in [4.78, 5) is 27.7. The second-order valence-electron chi connectivity index (χ2n) is 11.3. The minimum atomic E-state index is -0.0791. The molecule has 1 aromatic carbocycles. The normalized spacial score (nSPS) is 40.8. The number of ether oxygens (including phenoxy) is 2. The van der Waals surface area contributed by atoms with Gasteiger partial charge in [-0.15, -0.1) is 0 Å². The lowest BCUT2D eigenvalue weighted by Gasteiger charge is -2.61. The van der Waals surface area contributed by atoms with Gasteiger partial charge in [0.1, 0.15) is 11.5 Å². The number of piperidine rings is 1. The Morgan fingerprint density at radius 3 is 2.53 bits per heavy atom. The number of benzene rings is 1. The zero-order chi connectivity index (χ0) is 22.7. The van der Waals surface area contributed by atoms with Crippen LogP contribution in [0.25, 0.3) is 0 Å². The van der Waals surface area contributed by atoms with E-state index < -0.39 is 0 Å². The van der Waals surface area contributed by atoms with Gasteiger partial charge in [0.15, 0.2) is 0 Å². The monoisotopic (exact) mass is 439 g/mol. The van der Waals surface area contributed by atoms with Crippen molar-refractivity contribution >= 4 is 11.9 Å². The number of fused-ring (bicyclic) bond motifs is 5. The first kappa shape index (κ1) is 21.8. The van der Waals surface area contributed by atoms with E-state index in [1.54, 1.807) is 13.2 Å². The number of esters is 1. The molecule has 1 aromatic rings. The number of amides is 1. The zero-order valence-corrected chi connectivity index (χ0v) is 19.9. The van der Waals surface area contributed by atoms with Crippen molar-refractivity contribution in [3.63, 3.8) is 0 Å². The maximum Gasteiger partial charge on any atom is 0.314 e. The van der Waals surface area contributed by atoms with Crippen molar-refractivity contribution in [3.8, 4) is 11.5 Å². The molecule has 32 heavy (non-hydrogen) atoms. The van der Waals surface area contributed by atoms with Gasteiger partial charge in [-0.1, -0.05) is 19.9 Å². The highest BCUT2D eigenvalue weighted by atomic mass is 16.5. The summed E-state index contributed by atoms with van der Waals surface area (Å²) >= 11 is 0. The van der Waals surface area contributed by atoms with Crippen LogP contribution in [0.4, 0.5) is 0 Å². The average Bonchev–Trinajstić information content (AvgIpc) is 3.14. The van der Waals surface area contributed by atoms with Crippen molar-refractivity contribution in [1.29, 1.82) is 0 Å². The first-order valence-electron chi connectivity index (χ1n) is 12.4. The molecule has 4 fully saturated rings. The number of hydrogen-bond acceptors (Lipinski definition) is 4. The van der Waals surface area contributed by atoms with Gasteiger partial charge in [0, 0.05) is 25.6 Å². The van der Waals surface area contributed by atoms with Crippen LogP contribution in [0.1, 0.15) is 65.2 Å². The summed E-state index contributed by atoms with van der Waals surface area (Å²) in [5, 5.41) is 0. The Hall–Kier alpha value is -2.04. The Balaban J connectivity index is 1.35. The molecule has 174 valence electrons. The van der Waals surface area contributed by atoms with E-state index in [4.69, 9.17) is 9.47 Å². The van der Waals surface area contributed by atoms with Crippen LogP contribution >= 0.6 is 0 Å². The average molecular weight is 440 g/mol. The maximum atomic E-state index is 13.3. The van der Waals surface area contributed by atoms with Crippen LogP contribution < -0.4 is 9.47 Å². The Morgan fingerprint density at radius 1 is 1.00 bits per heavy atom. The van der Waals surface area contributed by atoms with Gasteiger partial charge in [-0.05, 0) is 85.7 Å². The summed E-state index contributed by atoms with van der Waals surface area (Å²) in [5.74, 6) is 3.35. The molecule has 5 rings (SSSR count). The molecule has 5 nitrogen and oxygen atoms in total. The molecule has 0 bridgehead atoms. The van der Waals surface area contributed by atoms with Gasteiger partial charge >= 0.3 is 5.97 Å². The maximum absolute atomic E-state index is 13.3. The second kappa shape index (κ2) is 7.78. The fourth-order valence-electron chi connectivity index (χ4n) is 8.39. The molecule has 1 aliphatic heterocycles. The van der Waals surface area contributed by atoms with E-state index in [2.05, 4.69) is 18.7 Å². The van der Waals surface area contributed by atoms with Gasteiger partial charge in [-0.3, -0.25) is 9.59 Å². The highest BCUT2D eigenvalue weighted by molar-refractivity contribution is 5.78. The molecule has 0 unspecified atom stereocenters. The van der Waals surface area contributed by atoms with Crippen LogP contribution in [0, 0.1) is 34.5 Å². The fraction of sp³-hybridized carbons (Fsp3) is 0.704. The third-order valence-electron chi connectivity index (χ3n) is 10.1. The van der Waals surface area contributed by atoms with E-state index >= 15 is 0 Å². The van der Waals surface area contributed by atoms with Crippen molar-refractivity contribution in [2.24, 2.45) is 34.5 Å².